The molecule has 0 bridgehead atoms. The molecule has 2 aromatic rings. The summed E-state index contributed by atoms with van der Waals surface area (Å²) in [6.07, 6.45) is 8.06. The Balaban J connectivity index is 1.57. The fraction of sp³-hybridized carbons (Fsp3) is 0.533. The first-order valence-electron chi connectivity index (χ1n) is 7.20. The predicted octanol–water partition coefficient (Wildman–Crippen LogP) is 1.90. The molecule has 20 heavy (non-hydrogen) atoms. The van der Waals surface area contributed by atoms with Gasteiger partial charge in [0.1, 0.15) is 0 Å². The highest BCUT2D eigenvalue weighted by Crippen LogP contribution is 2.26. The SMILES string of the molecule is Cc1cncc(C2CCN(Cc3ccn(C)n3)CC2)n1. The summed E-state index contributed by atoms with van der Waals surface area (Å²) in [6, 6.07) is 2.10. The molecule has 0 atom stereocenters. The van der Waals surface area contributed by atoms with Crippen LogP contribution in [0.2, 0.25) is 0 Å². The zero-order valence-corrected chi connectivity index (χ0v) is 12.2. The molecule has 0 N–H and O–H groups in total. The monoisotopic (exact) mass is 271 g/mol. The molecule has 0 radical (unpaired) electrons. The summed E-state index contributed by atoms with van der Waals surface area (Å²) in [6.45, 7) is 5.17. The minimum Gasteiger partial charge on any atom is -0.297 e. The lowest BCUT2D eigenvalue weighted by atomic mass is 9.93. The van der Waals surface area contributed by atoms with Crippen LogP contribution in [-0.4, -0.2) is 37.7 Å². The van der Waals surface area contributed by atoms with Crippen LogP contribution in [0.25, 0.3) is 0 Å². The van der Waals surface area contributed by atoms with Crippen molar-refractivity contribution in [1.29, 1.82) is 0 Å². The maximum absolute atomic E-state index is 4.61. The second-order valence-corrected chi connectivity index (χ2v) is 5.62. The van der Waals surface area contributed by atoms with E-state index in [0.29, 0.717) is 5.92 Å². The van der Waals surface area contributed by atoms with Gasteiger partial charge in [-0.15, -0.1) is 0 Å². The minimum absolute atomic E-state index is 0.558. The number of hydrogen-bond donors (Lipinski definition) is 0. The fourth-order valence-corrected chi connectivity index (χ4v) is 2.84. The molecule has 0 unspecified atom stereocenters. The summed E-state index contributed by atoms with van der Waals surface area (Å²) in [4.78, 5) is 11.3. The molecule has 0 spiro atoms. The summed E-state index contributed by atoms with van der Waals surface area (Å²) in [5, 5.41) is 4.45. The molecule has 1 aliphatic rings. The summed E-state index contributed by atoms with van der Waals surface area (Å²) >= 11 is 0. The van der Waals surface area contributed by atoms with Crippen LogP contribution in [0.4, 0.5) is 0 Å². The van der Waals surface area contributed by atoms with Gasteiger partial charge in [0.05, 0.1) is 17.1 Å². The zero-order valence-electron chi connectivity index (χ0n) is 12.2. The molecule has 1 fully saturated rings. The van der Waals surface area contributed by atoms with Gasteiger partial charge in [-0.3, -0.25) is 19.5 Å². The van der Waals surface area contributed by atoms with E-state index in [2.05, 4.69) is 26.0 Å². The van der Waals surface area contributed by atoms with Crippen LogP contribution in [0.15, 0.2) is 24.7 Å². The van der Waals surface area contributed by atoms with Crippen LogP contribution >= 0.6 is 0 Å². The van der Waals surface area contributed by atoms with Crippen LogP contribution < -0.4 is 0 Å². The van der Waals surface area contributed by atoms with E-state index >= 15 is 0 Å². The highest BCUT2D eigenvalue weighted by Gasteiger charge is 2.22. The summed E-state index contributed by atoms with van der Waals surface area (Å²) in [5.41, 5.74) is 3.32. The molecule has 2 aromatic heterocycles. The van der Waals surface area contributed by atoms with Crippen LogP contribution in [0.3, 0.4) is 0 Å². The van der Waals surface area contributed by atoms with Gasteiger partial charge in [-0.05, 0) is 38.9 Å². The molecule has 0 saturated carbocycles. The first kappa shape index (κ1) is 13.2. The topological polar surface area (TPSA) is 46.8 Å². The third-order valence-electron chi connectivity index (χ3n) is 3.93. The number of likely N-dealkylation sites (tertiary alicyclic amines) is 1. The Morgan fingerprint density at radius 2 is 2.05 bits per heavy atom. The molecular weight excluding hydrogens is 250 g/mol. The van der Waals surface area contributed by atoms with E-state index in [0.717, 1.165) is 49.6 Å². The van der Waals surface area contributed by atoms with E-state index in [9.17, 15) is 0 Å². The molecule has 0 aromatic carbocycles. The van der Waals surface area contributed by atoms with Crippen LogP contribution in [0.1, 0.15) is 35.8 Å². The minimum atomic E-state index is 0.558. The van der Waals surface area contributed by atoms with Crippen molar-refractivity contribution in [3.8, 4) is 0 Å². The number of nitrogens with zero attached hydrogens (tertiary/aromatic N) is 5. The molecule has 1 saturated heterocycles. The van der Waals surface area contributed by atoms with Gasteiger partial charge in [0.25, 0.3) is 0 Å². The highest BCUT2D eigenvalue weighted by molar-refractivity contribution is 5.09. The van der Waals surface area contributed by atoms with Gasteiger partial charge in [0.2, 0.25) is 0 Å². The highest BCUT2D eigenvalue weighted by atomic mass is 15.3. The Labute approximate surface area is 119 Å². The standard InChI is InChI=1S/C15H21N5/c1-12-9-16-10-15(17-12)13-3-7-20(8-4-13)11-14-5-6-19(2)18-14/h5-6,9-10,13H,3-4,7-8,11H2,1-2H3. The lowest BCUT2D eigenvalue weighted by molar-refractivity contribution is 0.200. The van der Waals surface area contributed by atoms with Gasteiger partial charge in [0.15, 0.2) is 0 Å². The lowest BCUT2D eigenvalue weighted by Gasteiger charge is -2.31. The lowest BCUT2D eigenvalue weighted by Crippen LogP contribution is -2.33. The first-order chi connectivity index (χ1) is 9.70. The van der Waals surface area contributed by atoms with Gasteiger partial charge in [-0.2, -0.15) is 5.10 Å². The average Bonchev–Trinajstić information content (AvgIpc) is 2.85. The van der Waals surface area contributed by atoms with E-state index < -0.39 is 0 Å². The Morgan fingerprint density at radius 3 is 2.70 bits per heavy atom. The Bertz CT molecular complexity index is 569. The molecule has 106 valence electrons. The van der Waals surface area contributed by atoms with Crippen molar-refractivity contribution in [2.45, 2.75) is 32.2 Å². The second-order valence-electron chi connectivity index (χ2n) is 5.62. The van der Waals surface area contributed by atoms with Gasteiger partial charge < -0.3 is 0 Å². The van der Waals surface area contributed by atoms with Crippen molar-refractivity contribution >= 4 is 0 Å². The van der Waals surface area contributed by atoms with E-state index in [4.69, 9.17) is 0 Å². The molecule has 0 aliphatic carbocycles. The largest absolute Gasteiger partial charge is 0.297 e. The summed E-state index contributed by atoms with van der Waals surface area (Å²) in [7, 11) is 1.96. The van der Waals surface area contributed by atoms with Crippen molar-refractivity contribution in [3.05, 3.63) is 41.7 Å². The van der Waals surface area contributed by atoms with Gasteiger partial charge in [0, 0.05) is 38.1 Å². The van der Waals surface area contributed by atoms with E-state index in [1.54, 1.807) is 0 Å². The quantitative estimate of drug-likeness (QED) is 0.855. The number of hydrogen-bond acceptors (Lipinski definition) is 4. The van der Waals surface area contributed by atoms with Crippen molar-refractivity contribution < 1.29 is 0 Å². The maximum atomic E-state index is 4.61. The van der Waals surface area contributed by atoms with Gasteiger partial charge >= 0.3 is 0 Å². The van der Waals surface area contributed by atoms with E-state index in [1.807, 2.05) is 37.2 Å². The molecule has 5 nitrogen and oxygen atoms in total. The number of rotatable bonds is 3. The molecular formula is C15H21N5. The van der Waals surface area contributed by atoms with Crippen molar-refractivity contribution in [2.75, 3.05) is 13.1 Å². The molecule has 3 rings (SSSR count). The molecule has 3 heterocycles. The van der Waals surface area contributed by atoms with E-state index in [-0.39, 0.29) is 0 Å². The number of piperidine rings is 1. The van der Waals surface area contributed by atoms with Crippen LogP contribution in [0.5, 0.6) is 0 Å². The van der Waals surface area contributed by atoms with Crippen molar-refractivity contribution in [2.24, 2.45) is 7.05 Å². The Hall–Kier alpha value is -1.75. The first-order valence-corrected chi connectivity index (χ1v) is 7.20. The number of aryl methyl sites for hydroxylation is 2. The average molecular weight is 271 g/mol. The summed E-state index contributed by atoms with van der Waals surface area (Å²) < 4.78 is 1.87. The van der Waals surface area contributed by atoms with Crippen molar-refractivity contribution in [1.82, 2.24) is 24.6 Å². The molecule has 5 heteroatoms. The normalized spacial score (nSPS) is 17.5. The third-order valence-corrected chi connectivity index (χ3v) is 3.93. The Kier molecular flexibility index (Phi) is 3.78. The predicted molar refractivity (Wildman–Crippen MR) is 77.2 cm³/mol. The maximum Gasteiger partial charge on any atom is 0.0764 e. The van der Waals surface area contributed by atoms with E-state index in [1.165, 1.54) is 0 Å². The van der Waals surface area contributed by atoms with Gasteiger partial charge in [-0.25, -0.2) is 0 Å². The van der Waals surface area contributed by atoms with Crippen molar-refractivity contribution in [3.63, 3.8) is 0 Å². The zero-order chi connectivity index (χ0) is 13.9. The second kappa shape index (κ2) is 5.71. The molecule has 0 amide bonds. The van der Waals surface area contributed by atoms with Crippen LogP contribution in [-0.2, 0) is 13.6 Å². The smallest absolute Gasteiger partial charge is 0.0764 e. The molecule has 1 aliphatic heterocycles. The summed E-state index contributed by atoms with van der Waals surface area (Å²) in [5.74, 6) is 0.558. The number of aromatic nitrogens is 4. The van der Waals surface area contributed by atoms with Gasteiger partial charge in [-0.1, -0.05) is 0 Å². The fourth-order valence-electron chi connectivity index (χ4n) is 2.84. The Morgan fingerprint density at radius 1 is 1.25 bits per heavy atom. The third kappa shape index (κ3) is 3.04. The van der Waals surface area contributed by atoms with Crippen LogP contribution in [0, 0.1) is 6.92 Å².